The molecule has 0 bridgehead atoms. The summed E-state index contributed by atoms with van der Waals surface area (Å²) in [5, 5.41) is 0. The molecule has 0 aliphatic carbocycles. The van der Waals surface area contributed by atoms with Gasteiger partial charge in [-0.25, -0.2) is 0 Å². The van der Waals surface area contributed by atoms with Crippen LogP contribution in [0.3, 0.4) is 0 Å². The summed E-state index contributed by atoms with van der Waals surface area (Å²) in [6.07, 6.45) is 0. The van der Waals surface area contributed by atoms with Crippen molar-refractivity contribution in [3.8, 4) is 16.9 Å². The second-order valence-electron chi connectivity index (χ2n) is 4.09. The van der Waals surface area contributed by atoms with Crippen molar-refractivity contribution < 1.29 is 4.74 Å². The third-order valence-corrected chi connectivity index (χ3v) is 2.67. The molecule has 2 aromatic rings. The molecule has 1 radical (unpaired) electrons. The smallest absolute Gasteiger partial charge is 0.119 e. The number of methoxy groups -OCH3 is 1. The van der Waals surface area contributed by atoms with E-state index in [0.29, 0.717) is 0 Å². The Morgan fingerprint density at radius 1 is 1.06 bits per heavy atom. The molecule has 87 valence electrons. The zero-order valence-electron chi connectivity index (χ0n) is 10.4. The molecule has 2 heteroatoms. The molecule has 0 saturated carbocycles. The highest BCUT2D eigenvalue weighted by Gasteiger charge is 2.02. The summed E-state index contributed by atoms with van der Waals surface area (Å²) >= 11 is 0. The maximum atomic E-state index is 5.24. The van der Waals surface area contributed by atoms with E-state index in [2.05, 4.69) is 24.3 Å². The maximum absolute atomic E-state index is 5.24. The minimum absolute atomic E-state index is 0.877. The van der Waals surface area contributed by atoms with Crippen molar-refractivity contribution in [2.45, 2.75) is 0 Å². The fraction of sp³-hybridized carbons (Fsp3) is 0.200. The van der Waals surface area contributed by atoms with E-state index in [1.54, 1.807) is 7.11 Å². The molecule has 0 spiro atoms. The van der Waals surface area contributed by atoms with Gasteiger partial charge in [-0.15, -0.1) is 0 Å². The van der Waals surface area contributed by atoms with Gasteiger partial charge in [0.05, 0.1) is 7.11 Å². The Hall–Kier alpha value is -1.96. The Morgan fingerprint density at radius 2 is 1.82 bits per heavy atom. The number of nitrogens with zero attached hydrogens (tertiary/aromatic N) is 1. The molecular weight excluding hydrogens is 210 g/mol. The lowest BCUT2D eigenvalue weighted by molar-refractivity contribution is 0.415. The minimum atomic E-state index is 0.877. The SMILES string of the molecule is COc1cccc(-c2cc[c]c(N(C)C)c2)c1. The second-order valence-corrected chi connectivity index (χ2v) is 4.09. The van der Waals surface area contributed by atoms with Crippen LogP contribution >= 0.6 is 0 Å². The van der Waals surface area contributed by atoms with Crippen LogP contribution < -0.4 is 9.64 Å². The van der Waals surface area contributed by atoms with Gasteiger partial charge in [-0.3, -0.25) is 0 Å². The van der Waals surface area contributed by atoms with E-state index in [1.165, 1.54) is 5.56 Å². The molecule has 0 saturated heterocycles. The van der Waals surface area contributed by atoms with Crippen molar-refractivity contribution in [3.05, 3.63) is 48.5 Å². The van der Waals surface area contributed by atoms with Crippen molar-refractivity contribution >= 4 is 5.69 Å². The predicted octanol–water partition coefficient (Wildman–Crippen LogP) is 3.23. The molecule has 2 nitrogen and oxygen atoms in total. The highest BCUT2D eigenvalue weighted by molar-refractivity contribution is 5.69. The summed E-state index contributed by atoms with van der Waals surface area (Å²) < 4.78 is 5.24. The van der Waals surface area contributed by atoms with Crippen molar-refractivity contribution in [2.24, 2.45) is 0 Å². The van der Waals surface area contributed by atoms with E-state index in [1.807, 2.05) is 43.3 Å². The van der Waals surface area contributed by atoms with Crippen LogP contribution in [0.5, 0.6) is 5.75 Å². The van der Waals surface area contributed by atoms with Crippen LogP contribution in [0.2, 0.25) is 0 Å². The van der Waals surface area contributed by atoms with Gasteiger partial charge < -0.3 is 9.64 Å². The summed E-state index contributed by atoms with van der Waals surface area (Å²) in [6.45, 7) is 0. The molecule has 0 aliphatic rings. The average Bonchev–Trinajstić information content (AvgIpc) is 2.39. The van der Waals surface area contributed by atoms with Gasteiger partial charge in [0.25, 0.3) is 0 Å². The lowest BCUT2D eigenvalue weighted by Gasteiger charge is -2.13. The number of benzene rings is 2. The summed E-state index contributed by atoms with van der Waals surface area (Å²) in [5.41, 5.74) is 3.40. The molecule has 0 N–H and O–H groups in total. The molecule has 0 heterocycles. The van der Waals surface area contributed by atoms with E-state index in [4.69, 9.17) is 4.74 Å². The normalized spacial score (nSPS) is 10.1. The number of hydrogen-bond donors (Lipinski definition) is 0. The van der Waals surface area contributed by atoms with Gasteiger partial charge in [0.1, 0.15) is 5.75 Å². The van der Waals surface area contributed by atoms with Crippen LogP contribution in [0.4, 0.5) is 5.69 Å². The van der Waals surface area contributed by atoms with Crippen molar-refractivity contribution in [3.63, 3.8) is 0 Å². The first-order chi connectivity index (χ1) is 8.20. The Labute approximate surface area is 102 Å². The van der Waals surface area contributed by atoms with Crippen molar-refractivity contribution in [1.29, 1.82) is 0 Å². The van der Waals surface area contributed by atoms with Gasteiger partial charge in [-0.05, 0) is 29.3 Å². The van der Waals surface area contributed by atoms with E-state index in [-0.39, 0.29) is 0 Å². The molecule has 0 fully saturated rings. The number of rotatable bonds is 3. The first-order valence-electron chi connectivity index (χ1n) is 5.54. The highest BCUT2D eigenvalue weighted by atomic mass is 16.5. The van der Waals surface area contributed by atoms with E-state index in [0.717, 1.165) is 17.0 Å². The number of ether oxygens (including phenoxy) is 1. The van der Waals surface area contributed by atoms with Crippen LogP contribution in [0.25, 0.3) is 11.1 Å². The summed E-state index contributed by atoms with van der Waals surface area (Å²) in [6, 6.07) is 17.4. The van der Waals surface area contributed by atoms with Gasteiger partial charge in [-0.2, -0.15) is 0 Å². The number of hydrogen-bond acceptors (Lipinski definition) is 2. The zero-order valence-corrected chi connectivity index (χ0v) is 10.4. The Bertz CT molecular complexity index is 506. The largest absolute Gasteiger partial charge is 0.497 e. The third kappa shape index (κ3) is 2.59. The predicted molar refractivity (Wildman–Crippen MR) is 71.6 cm³/mol. The minimum Gasteiger partial charge on any atom is -0.497 e. The molecule has 0 aromatic heterocycles. The van der Waals surface area contributed by atoms with Gasteiger partial charge >= 0.3 is 0 Å². The Kier molecular flexibility index (Phi) is 3.33. The third-order valence-electron chi connectivity index (χ3n) is 2.67. The van der Waals surface area contributed by atoms with Gasteiger partial charge in [0.15, 0.2) is 0 Å². The molecule has 0 aliphatic heterocycles. The van der Waals surface area contributed by atoms with Gasteiger partial charge in [0.2, 0.25) is 0 Å². The van der Waals surface area contributed by atoms with Crippen LogP contribution in [0.1, 0.15) is 0 Å². The zero-order chi connectivity index (χ0) is 12.3. The Morgan fingerprint density at radius 3 is 2.53 bits per heavy atom. The topological polar surface area (TPSA) is 12.5 Å². The maximum Gasteiger partial charge on any atom is 0.119 e. The highest BCUT2D eigenvalue weighted by Crippen LogP contribution is 2.26. The molecule has 0 amide bonds. The summed E-state index contributed by atoms with van der Waals surface area (Å²) in [7, 11) is 5.71. The van der Waals surface area contributed by atoms with Crippen molar-refractivity contribution in [1.82, 2.24) is 0 Å². The van der Waals surface area contributed by atoms with E-state index < -0.39 is 0 Å². The molecule has 2 aromatic carbocycles. The van der Waals surface area contributed by atoms with Crippen LogP contribution in [0.15, 0.2) is 42.5 Å². The molecular formula is C15H16NO. The quantitative estimate of drug-likeness (QED) is 0.796. The van der Waals surface area contributed by atoms with Gasteiger partial charge in [-0.1, -0.05) is 24.3 Å². The standard InChI is InChI=1S/C15H16NO/c1-16(2)14-8-4-6-12(10-14)13-7-5-9-15(11-13)17-3/h4-7,9-11H,1-3H3. The fourth-order valence-electron chi connectivity index (χ4n) is 1.69. The summed E-state index contributed by atoms with van der Waals surface area (Å²) in [5.74, 6) is 0.877. The lowest BCUT2D eigenvalue weighted by atomic mass is 10.0. The first kappa shape index (κ1) is 11.5. The lowest BCUT2D eigenvalue weighted by Crippen LogP contribution is -2.08. The van der Waals surface area contributed by atoms with Crippen LogP contribution in [-0.2, 0) is 0 Å². The first-order valence-corrected chi connectivity index (χ1v) is 5.54. The van der Waals surface area contributed by atoms with Gasteiger partial charge in [0, 0.05) is 25.8 Å². The molecule has 17 heavy (non-hydrogen) atoms. The Balaban J connectivity index is 2.41. The van der Waals surface area contributed by atoms with Crippen molar-refractivity contribution in [2.75, 3.05) is 26.1 Å². The number of anilines is 1. The molecule has 2 rings (SSSR count). The van der Waals surface area contributed by atoms with Crippen LogP contribution in [-0.4, -0.2) is 21.2 Å². The molecule has 0 unspecified atom stereocenters. The monoisotopic (exact) mass is 226 g/mol. The van der Waals surface area contributed by atoms with Crippen LogP contribution in [0, 0.1) is 6.07 Å². The second kappa shape index (κ2) is 4.91. The fourth-order valence-corrected chi connectivity index (χ4v) is 1.69. The van der Waals surface area contributed by atoms with E-state index >= 15 is 0 Å². The molecule has 0 atom stereocenters. The average molecular weight is 226 g/mol. The van der Waals surface area contributed by atoms with E-state index in [9.17, 15) is 0 Å². The summed E-state index contributed by atoms with van der Waals surface area (Å²) in [4.78, 5) is 2.05.